The molecule has 1 aromatic heterocycles. The van der Waals surface area contributed by atoms with Gasteiger partial charge in [0, 0.05) is 30.6 Å². The van der Waals surface area contributed by atoms with Crippen molar-refractivity contribution in [3.05, 3.63) is 10.6 Å². The Labute approximate surface area is 115 Å². The molecule has 4 heteroatoms. The van der Waals surface area contributed by atoms with Crippen LogP contribution in [0.15, 0.2) is 0 Å². The molecule has 0 unspecified atom stereocenters. The van der Waals surface area contributed by atoms with Crippen LogP contribution in [0.5, 0.6) is 0 Å². The molecule has 0 saturated heterocycles. The van der Waals surface area contributed by atoms with Crippen molar-refractivity contribution in [2.45, 2.75) is 65.1 Å². The van der Waals surface area contributed by atoms with E-state index in [1.54, 1.807) is 0 Å². The number of anilines is 1. The van der Waals surface area contributed by atoms with Crippen molar-refractivity contribution in [2.75, 3.05) is 11.9 Å². The topological polar surface area (TPSA) is 28.2 Å². The van der Waals surface area contributed by atoms with Gasteiger partial charge in [0.15, 0.2) is 5.13 Å². The van der Waals surface area contributed by atoms with Gasteiger partial charge in [0.25, 0.3) is 0 Å². The predicted octanol–water partition coefficient (Wildman–Crippen LogP) is 3.33. The maximum absolute atomic E-state index is 4.74. The zero-order valence-corrected chi connectivity index (χ0v) is 12.8. The van der Waals surface area contributed by atoms with Crippen LogP contribution in [0.4, 0.5) is 5.13 Å². The average molecular weight is 267 g/mol. The Hall–Kier alpha value is -0.610. The van der Waals surface area contributed by atoms with Crippen molar-refractivity contribution in [1.82, 2.24) is 10.3 Å². The highest BCUT2D eigenvalue weighted by atomic mass is 32.1. The van der Waals surface area contributed by atoms with Crippen molar-refractivity contribution in [1.29, 1.82) is 0 Å². The summed E-state index contributed by atoms with van der Waals surface area (Å²) in [5, 5.41) is 4.67. The number of hydrogen-bond donors (Lipinski definition) is 1. The van der Waals surface area contributed by atoms with Gasteiger partial charge in [0.05, 0.1) is 5.69 Å². The van der Waals surface area contributed by atoms with Crippen LogP contribution in [0.3, 0.4) is 0 Å². The number of aryl methyl sites for hydroxylation is 1. The number of nitrogens with one attached hydrogen (secondary N) is 1. The highest BCUT2D eigenvalue weighted by Gasteiger charge is 2.22. The minimum absolute atomic E-state index is 0.530. The molecule has 0 spiro atoms. The van der Waals surface area contributed by atoms with Crippen molar-refractivity contribution < 1.29 is 0 Å². The largest absolute Gasteiger partial charge is 0.348 e. The van der Waals surface area contributed by atoms with E-state index in [-0.39, 0.29) is 0 Å². The maximum Gasteiger partial charge on any atom is 0.185 e. The lowest BCUT2D eigenvalue weighted by Gasteiger charge is -2.23. The van der Waals surface area contributed by atoms with E-state index in [2.05, 4.69) is 38.0 Å². The van der Waals surface area contributed by atoms with E-state index in [4.69, 9.17) is 4.98 Å². The highest BCUT2D eigenvalue weighted by Crippen LogP contribution is 2.31. The molecule has 0 aliphatic heterocycles. The van der Waals surface area contributed by atoms with Crippen LogP contribution in [0.25, 0.3) is 0 Å². The molecule has 1 heterocycles. The van der Waals surface area contributed by atoms with Crippen molar-refractivity contribution in [2.24, 2.45) is 0 Å². The molecule has 1 saturated carbocycles. The van der Waals surface area contributed by atoms with Gasteiger partial charge >= 0.3 is 0 Å². The van der Waals surface area contributed by atoms with E-state index >= 15 is 0 Å². The second kappa shape index (κ2) is 6.02. The lowest BCUT2D eigenvalue weighted by molar-refractivity contribution is 0.591. The van der Waals surface area contributed by atoms with Gasteiger partial charge in [-0.3, -0.25) is 0 Å². The third-order valence-electron chi connectivity index (χ3n) is 3.73. The summed E-state index contributed by atoms with van der Waals surface area (Å²) < 4.78 is 0. The molecule has 18 heavy (non-hydrogen) atoms. The maximum atomic E-state index is 4.74. The molecule has 0 bridgehead atoms. The monoisotopic (exact) mass is 267 g/mol. The van der Waals surface area contributed by atoms with Crippen molar-refractivity contribution in [3.63, 3.8) is 0 Å². The lowest BCUT2D eigenvalue weighted by Crippen LogP contribution is -2.28. The van der Waals surface area contributed by atoms with Crippen LogP contribution < -0.4 is 10.2 Å². The van der Waals surface area contributed by atoms with Crippen molar-refractivity contribution in [3.8, 4) is 0 Å². The molecule has 0 atom stereocenters. The summed E-state index contributed by atoms with van der Waals surface area (Å²) in [4.78, 5) is 8.51. The van der Waals surface area contributed by atoms with E-state index < -0.39 is 0 Å². The van der Waals surface area contributed by atoms with Crippen LogP contribution in [-0.4, -0.2) is 24.1 Å². The third kappa shape index (κ3) is 3.23. The Morgan fingerprint density at radius 1 is 1.39 bits per heavy atom. The average Bonchev–Trinajstić information content (AvgIpc) is 2.94. The molecular formula is C14H25N3S. The van der Waals surface area contributed by atoms with E-state index in [9.17, 15) is 0 Å². The second-order valence-electron chi connectivity index (χ2n) is 5.59. The van der Waals surface area contributed by atoms with Crippen LogP contribution in [-0.2, 0) is 6.54 Å². The molecule has 102 valence electrons. The van der Waals surface area contributed by atoms with E-state index in [0.717, 1.165) is 6.54 Å². The predicted molar refractivity (Wildman–Crippen MR) is 79.5 cm³/mol. The number of thiazole rings is 1. The minimum Gasteiger partial charge on any atom is -0.348 e. The molecule has 1 aliphatic rings. The normalized spacial score (nSPS) is 16.7. The second-order valence-corrected chi connectivity index (χ2v) is 6.65. The van der Waals surface area contributed by atoms with Gasteiger partial charge in [-0.15, -0.1) is 11.3 Å². The summed E-state index contributed by atoms with van der Waals surface area (Å²) in [6, 6.07) is 1.24. The van der Waals surface area contributed by atoms with Crippen LogP contribution in [0.2, 0.25) is 0 Å². The molecule has 0 amide bonds. The Morgan fingerprint density at radius 3 is 2.67 bits per heavy atom. The van der Waals surface area contributed by atoms with Crippen LogP contribution in [0.1, 0.15) is 50.1 Å². The fourth-order valence-electron chi connectivity index (χ4n) is 2.47. The Bertz CT molecular complexity index is 380. The molecule has 1 N–H and O–H groups in total. The number of hydrogen-bond acceptors (Lipinski definition) is 4. The van der Waals surface area contributed by atoms with E-state index in [1.807, 2.05) is 11.3 Å². The van der Waals surface area contributed by atoms with E-state index in [0.29, 0.717) is 12.1 Å². The molecule has 0 radical (unpaired) electrons. The molecule has 2 rings (SSSR count). The van der Waals surface area contributed by atoms with Gasteiger partial charge < -0.3 is 10.2 Å². The van der Waals surface area contributed by atoms with E-state index in [1.165, 1.54) is 41.4 Å². The Kier molecular flexibility index (Phi) is 4.62. The molecule has 3 nitrogen and oxygen atoms in total. The van der Waals surface area contributed by atoms with Gasteiger partial charge in [-0.1, -0.05) is 26.7 Å². The smallest absolute Gasteiger partial charge is 0.185 e. The summed E-state index contributed by atoms with van der Waals surface area (Å²) in [6.07, 6.45) is 5.41. The number of aromatic nitrogens is 1. The highest BCUT2D eigenvalue weighted by molar-refractivity contribution is 7.15. The standard InChI is InChI=1S/C14H25N3S/c1-10(2)15-9-13-11(3)16-14(18-13)17(4)12-7-5-6-8-12/h10,12,15H,5-9H2,1-4H3. The number of nitrogens with zero attached hydrogens (tertiary/aromatic N) is 2. The van der Waals surface area contributed by atoms with Gasteiger partial charge in [-0.05, 0) is 19.8 Å². The van der Waals surface area contributed by atoms with Gasteiger partial charge in [0.2, 0.25) is 0 Å². The summed E-state index contributed by atoms with van der Waals surface area (Å²) in [6.45, 7) is 7.43. The van der Waals surface area contributed by atoms with Crippen LogP contribution in [0, 0.1) is 6.92 Å². The summed E-state index contributed by atoms with van der Waals surface area (Å²) in [5.41, 5.74) is 1.19. The molecule has 1 fully saturated rings. The molecular weight excluding hydrogens is 242 g/mol. The first-order chi connectivity index (χ1) is 8.58. The number of rotatable bonds is 5. The molecule has 1 aliphatic carbocycles. The summed E-state index contributed by atoms with van der Waals surface area (Å²) >= 11 is 1.85. The van der Waals surface area contributed by atoms with Gasteiger partial charge in [-0.2, -0.15) is 0 Å². The first-order valence-electron chi connectivity index (χ1n) is 7.00. The fourth-order valence-corrected chi connectivity index (χ4v) is 3.52. The minimum atomic E-state index is 0.530. The van der Waals surface area contributed by atoms with Crippen LogP contribution >= 0.6 is 11.3 Å². The van der Waals surface area contributed by atoms with Gasteiger partial charge in [-0.25, -0.2) is 4.98 Å². The zero-order valence-electron chi connectivity index (χ0n) is 12.0. The Balaban J connectivity index is 2.02. The summed E-state index contributed by atoms with van der Waals surface area (Å²) in [7, 11) is 2.20. The lowest BCUT2D eigenvalue weighted by atomic mass is 10.2. The summed E-state index contributed by atoms with van der Waals surface area (Å²) in [5.74, 6) is 0. The molecule has 1 aromatic rings. The quantitative estimate of drug-likeness (QED) is 0.887. The molecule has 0 aromatic carbocycles. The first-order valence-corrected chi connectivity index (χ1v) is 7.82. The SMILES string of the molecule is Cc1nc(N(C)C2CCCC2)sc1CNC(C)C. The first kappa shape index (κ1) is 13.8. The fraction of sp³-hybridized carbons (Fsp3) is 0.786. The van der Waals surface area contributed by atoms with Crippen molar-refractivity contribution >= 4 is 16.5 Å². The zero-order chi connectivity index (χ0) is 13.1. The third-order valence-corrected chi connectivity index (χ3v) is 4.97. The van der Waals surface area contributed by atoms with Gasteiger partial charge in [0.1, 0.15) is 0 Å². The Morgan fingerprint density at radius 2 is 2.06 bits per heavy atom.